The Hall–Kier alpha value is -2.17. The van der Waals surface area contributed by atoms with Gasteiger partial charge in [0.2, 0.25) is 0 Å². The minimum atomic E-state index is -0.184. The van der Waals surface area contributed by atoms with Gasteiger partial charge in [-0.3, -0.25) is 14.5 Å². The van der Waals surface area contributed by atoms with E-state index in [0.717, 1.165) is 5.69 Å². The summed E-state index contributed by atoms with van der Waals surface area (Å²) < 4.78 is 1.56. The summed E-state index contributed by atoms with van der Waals surface area (Å²) in [5, 5.41) is 6.86. The van der Waals surface area contributed by atoms with E-state index >= 15 is 0 Å². The van der Waals surface area contributed by atoms with Crippen molar-refractivity contribution < 1.29 is 4.79 Å². The van der Waals surface area contributed by atoms with Crippen molar-refractivity contribution in [2.24, 2.45) is 7.05 Å². The van der Waals surface area contributed by atoms with E-state index in [1.807, 2.05) is 6.92 Å². The number of hydrogen-bond acceptors (Lipinski definition) is 3. The maximum atomic E-state index is 11.8. The first-order valence-electron chi connectivity index (χ1n) is 4.89. The number of pyridine rings is 1. The third-order valence-corrected chi connectivity index (χ3v) is 2.15. The highest BCUT2D eigenvalue weighted by Crippen LogP contribution is 2.07. The Balaban J connectivity index is 2.18. The van der Waals surface area contributed by atoms with E-state index < -0.39 is 0 Å². The van der Waals surface area contributed by atoms with Crippen LogP contribution < -0.4 is 5.32 Å². The third-order valence-electron chi connectivity index (χ3n) is 2.15. The van der Waals surface area contributed by atoms with Crippen molar-refractivity contribution in [1.29, 1.82) is 0 Å². The van der Waals surface area contributed by atoms with Gasteiger partial charge in [-0.2, -0.15) is 5.10 Å². The van der Waals surface area contributed by atoms with Crippen LogP contribution in [0.5, 0.6) is 0 Å². The van der Waals surface area contributed by atoms with Crippen LogP contribution in [0.25, 0.3) is 0 Å². The Morgan fingerprint density at radius 3 is 2.88 bits per heavy atom. The number of aromatic nitrogens is 3. The van der Waals surface area contributed by atoms with E-state index in [2.05, 4.69) is 15.4 Å². The molecule has 0 radical (unpaired) electrons. The van der Waals surface area contributed by atoms with Crippen LogP contribution in [0.1, 0.15) is 16.2 Å². The lowest BCUT2D eigenvalue weighted by Crippen LogP contribution is -2.16. The minimum Gasteiger partial charge on any atom is -0.319 e. The van der Waals surface area contributed by atoms with E-state index in [9.17, 15) is 4.79 Å². The van der Waals surface area contributed by atoms with Gasteiger partial charge < -0.3 is 5.32 Å². The lowest BCUT2D eigenvalue weighted by atomic mass is 10.3. The summed E-state index contributed by atoms with van der Waals surface area (Å²) >= 11 is 0. The largest absolute Gasteiger partial charge is 0.319 e. The molecule has 0 saturated heterocycles. The Morgan fingerprint density at radius 2 is 2.31 bits per heavy atom. The Morgan fingerprint density at radius 1 is 1.50 bits per heavy atom. The highest BCUT2D eigenvalue weighted by molar-refractivity contribution is 6.03. The average molecular weight is 216 g/mol. The number of amides is 1. The summed E-state index contributed by atoms with van der Waals surface area (Å²) in [5.41, 5.74) is 2.02. The zero-order valence-corrected chi connectivity index (χ0v) is 9.14. The second-order valence-corrected chi connectivity index (χ2v) is 3.49. The predicted molar refractivity (Wildman–Crippen MR) is 60.1 cm³/mol. The number of carbonyl (C=O) groups excluding carboxylic acids is 1. The SMILES string of the molecule is Cc1cc(C(=O)Nc2cccnc2)n(C)n1. The van der Waals surface area contributed by atoms with Gasteiger partial charge in [0.05, 0.1) is 17.6 Å². The van der Waals surface area contributed by atoms with Crippen LogP contribution in [0.2, 0.25) is 0 Å². The van der Waals surface area contributed by atoms with Crippen molar-refractivity contribution in [1.82, 2.24) is 14.8 Å². The molecule has 0 saturated carbocycles. The van der Waals surface area contributed by atoms with E-state index in [4.69, 9.17) is 0 Å². The number of hydrogen-bond donors (Lipinski definition) is 1. The van der Waals surface area contributed by atoms with Crippen molar-refractivity contribution in [2.45, 2.75) is 6.92 Å². The molecule has 2 aromatic rings. The first-order valence-corrected chi connectivity index (χ1v) is 4.89. The number of aryl methyl sites for hydroxylation is 2. The molecule has 82 valence electrons. The number of carbonyl (C=O) groups is 1. The zero-order valence-electron chi connectivity index (χ0n) is 9.14. The van der Waals surface area contributed by atoms with Crippen LogP contribution in [0.4, 0.5) is 5.69 Å². The van der Waals surface area contributed by atoms with Gasteiger partial charge in [0.25, 0.3) is 5.91 Å². The summed E-state index contributed by atoms with van der Waals surface area (Å²) in [5.74, 6) is -0.184. The molecule has 2 aromatic heterocycles. The van der Waals surface area contributed by atoms with Crippen LogP contribution in [0.15, 0.2) is 30.6 Å². The first kappa shape index (κ1) is 10.4. The van der Waals surface area contributed by atoms with Gasteiger partial charge in [0, 0.05) is 13.2 Å². The maximum Gasteiger partial charge on any atom is 0.273 e. The molecule has 1 N–H and O–H groups in total. The lowest BCUT2D eigenvalue weighted by molar-refractivity contribution is 0.101. The molecule has 0 unspecified atom stereocenters. The van der Waals surface area contributed by atoms with Gasteiger partial charge in [-0.1, -0.05) is 0 Å². The van der Waals surface area contributed by atoms with E-state index in [1.54, 1.807) is 42.3 Å². The van der Waals surface area contributed by atoms with Crippen molar-refractivity contribution in [3.05, 3.63) is 42.0 Å². The van der Waals surface area contributed by atoms with Crippen molar-refractivity contribution in [3.63, 3.8) is 0 Å². The van der Waals surface area contributed by atoms with Crippen molar-refractivity contribution in [2.75, 3.05) is 5.32 Å². The number of anilines is 1. The van der Waals surface area contributed by atoms with Crippen LogP contribution in [-0.4, -0.2) is 20.7 Å². The molecular weight excluding hydrogens is 204 g/mol. The summed E-state index contributed by atoms with van der Waals surface area (Å²) in [6.45, 7) is 1.85. The lowest BCUT2D eigenvalue weighted by Gasteiger charge is -2.03. The Kier molecular flexibility index (Phi) is 2.68. The van der Waals surface area contributed by atoms with Gasteiger partial charge in [-0.15, -0.1) is 0 Å². The second-order valence-electron chi connectivity index (χ2n) is 3.49. The molecule has 1 amide bonds. The standard InChI is InChI=1S/C11H12N4O/c1-8-6-10(15(2)14-8)11(16)13-9-4-3-5-12-7-9/h3-7H,1-2H3,(H,13,16). The molecule has 0 aliphatic rings. The fourth-order valence-corrected chi connectivity index (χ4v) is 1.45. The molecular formula is C11H12N4O. The van der Waals surface area contributed by atoms with Crippen LogP contribution in [0.3, 0.4) is 0 Å². The van der Waals surface area contributed by atoms with E-state index in [0.29, 0.717) is 11.4 Å². The molecule has 5 nitrogen and oxygen atoms in total. The van der Waals surface area contributed by atoms with Gasteiger partial charge in [0.15, 0.2) is 0 Å². The van der Waals surface area contributed by atoms with Gasteiger partial charge in [-0.05, 0) is 25.1 Å². The van der Waals surface area contributed by atoms with Gasteiger partial charge >= 0.3 is 0 Å². The monoisotopic (exact) mass is 216 g/mol. The summed E-state index contributed by atoms with van der Waals surface area (Å²) in [7, 11) is 1.74. The molecule has 2 heterocycles. The van der Waals surface area contributed by atoms with Crippen LogP contribution in [0, 0.1) is 6.92 Å². The van der Waals surface area contributed by atoms with Crippen molar-refractivity contribution in [3.8, 4) is 0 Å². The Bertz CT molecular complexity index is 504. The quantitative estimate of drug-likeness (QED) is 0.824. The fraction of sp³-hybridized carbons (Fsp3) is 0.182. The maximum absolute atomic E-state index is 11.8. The van der Waals surface area contributed by atoms with E-state index in [1.165, 1.54) is 0 Å². The second kappa shape index (κ2) is 4.14. The molecule has 0 fully saturated rings. The fourth-order valence-electron chi connectivity index (χ4n) is 1.45. The molecule has 0 atom stereocenters. The highest BCUT2D eigenvalue weighted by Gasteiger charge is 2.11. The molecule has 0 spiro atoms. The van der Waals surface area contributed by atoms with Gasteiger partial charge in [-0.25, -0.2) is 0 Å². The predicted octanol–water partition coefficient (Wildman–Crippen LogP) is 1.38. The first-order chi connectivity index (χ1) is 7.66. The molecule has 2 rings (SSSR count). The molecule has 0 bridgehead atoms. The van der Waals surface area contributed by atoms with Crippen LogP contribution >= 0.6 is 0 Å². The Labute approximate surface area is 93.1 Å². The number of rotatable bonds is 2. The van der Waals surface area contributed by atoms with Crippen LogP contribution in [-0.2, 0) is 7.05 Å². The topological polar surface area (TPSA) is 59.8 Å². The summed E-state index contributed by atoms with van der Waals surface area (Å²) in [4.78, 5) is 15.8. The molecule has 5 heteroatoms. The summed E-state index contributed by atoms with van der Waals surface area (Å²) in [6.07, 6.45) is 3.25. The number of nitrogens with one attached hydrogen (secondary N) is 1. The van der Waals surface area contributed by atoms with Gasteiger partial charge in [0.1, 0.15) is 5.69 Å². The molecule has 0 aliphatic heterocycles. The number of nitrogens with zero attached hydrogens (tertiary/aromatic N) is 3. The minimum absolute atomic E-state index is 0.184. The molecule has 16 heavy (non-hydrogen) atoms. The zero-order chi connectivity index (χ0) is 11.5. The third kappa shape index (κ3) is 2.08. The smallest absolute Gasteiger partial charge is 0.273 e. The van der Waals surface area contributed by atoms with E-state index in [-0.39, 0.29) is 5.91 Å². The highest BCUT2D eigenvalue weighted by atomic mass is 16.2. The van der Waals surface area contributed by atoms with Crippen molar-refractivity contribution >= 4 is 11.6 Å². The summed E-state index contributed by atoms with van der Waals surface area (Å²) in [6, 6.07) is 5.30. The molecule has 0 aromatic carbocycles. The molecule has 0 aliphatic carbocycles. The normalized spacial score (nSPS) is 10.1. The average Bonchev–Trinajstić information content (AvgIpc) is 2.59.